The number of methoxy groups -OCH3 is 1. The Kier molecular flexibility index (Phi) is 3.39. The van der Waals surface area contributed by atoms with Crippen molar-refractivity contribution >= 4 is 5.69 Å². The third-order valence-corrected chi connectivity index (χ3v) is 2.78. The van der Waals surface area contributed by atoms with E-state index in [1.807, 2.05) is 6.07 Å². The molecule has 1 rings (SSSR count). The lowest BCUT2D eigenvalue weighted by Crippen LogP contribution is -2.03. The number of aryl methyl sites for hydroxylation is 1. The van der Waals surface area contributed by atoms with Gasteiger partial charge in [-0.3, -0.25) is 0 Å². The summed E-state index contributed by atoms with van der Waals surface area (Å²) in [6.45, 7) is 6.41. The molecule has 0 heterocycles. The van der Waals surface area contributed by atoms with E-state index in [9.17, 15) is 0 Å². The molecular weight excluding hydrogens is 174 g/mol. The smallest absolute Gasteiger partial charge is 0.142 e. The van der Waals surface area contributed by atoms with Gasteiger partial charge in [-0.1, -0.05) is 13.8 Å². The molecule has 2 N–H and O–H groups in total. The molecule has 1 aromatic carbocycles. The van der Waals surface area contributed by atoms with Gasteiger partial charge in [0.2, 0.25) is 0 Å². The van der Waals surface area contributed by atoms with Crippen LogP contribution in [0.1, 0.15) is 30.5 Å². The Morgan fingerprint density at radius 1 is 1.29 bits per heavy atom. The van der Waals surface area contributed by atoms with E-state index in [2.05, 4.69) is 20.8 Å². The molecule has 14 heavy (non-hydrogen) atoms. The van der Waals surface area contributed by atoms with Crippen molar-refractivity contribution in [2.75, 3.05) is 12.8 Å². The highest BCUT2D eigenvalue weighted by atomic mass is 16.5. The number of nitrogen functional groups attached to an aromatic ring is 1. The van der Waals surface area contributed by atoms with Gasteiger partial charge in [-0.15, -0.1) is 0 Å². The minimum atomic E-state index is 0.796. The minimum absolute atomic E-state index is 0.796. The van der Waals surface area contributed by atoms with Crippen LogP contribution in [0.25, 0.3) is 0 Å². The first-order valence-corrected chi connectivity index (χ1v) is 5.10. The maximum atomic E-state index is 6.00. The average molecular weight is 193 g/mol. The Morgan fingerprint density at radius 2 is 1.93 bits per heavy atom. The zero-order valence-electron chi connectivity index (χ0n) is 9.48. The number of benzene rings is 1. The molecule has 0 aliphatic carbocycles. The van der Waals surface area contributed by atoms with Gasteiger partial charge in [0.15, 0.2) is 0 Å². The predicted octanol–water partition coefficient (Wildman–Crippen LogP) is 2.71. The van der Waals surface area contributed by atoms with Crippen LogP contribution in [-0.4, -0.2) is 7.11 Å². The fourth-order valence-corrected chi connectivity index (χ4v) is 1.88. The minimum Gasteiger partial charge on any atom is -0.495 e. The fraction of sp³-hybridized carbons (Fsp3) is 0.500. The van der Waals surface area contributed by atoms with Gasteiger partial charge in [0, 0.05) is 0 Å². The predicted molar refractivity (Wildman–Crippen MR) is 60.9 cm³/mol. The summed E-state index contributed by atoms with van der Waals surface area (Å²) in [4.78, 5) is 0. The second-order valence-electron chi connectivity index (χ2n) is 3.46. The maximum Gasteiger partial charge on any atom is 0.142 e. The van der Waals surface area contributed by atoms with Crippen LogP contribution in [0.3, 0.4) is 0 Å². The number of nitrogens with two attached hydrogens (primary N) is 1. The molecule has 0 fully saturated rings. The normalized spacial score (nSPS) is 10.3. The second-order valence-corrected chi connectivity index (χ2v) is 3.46. The van der Waals surface area contributed by atoms with Crippen LogP contribution in [-0.2, 0) is 12.8 Å². The van der Waals surface area contributed by atoms with Crippen molar-refractivity contribution in [3.05, 3.63) is 22.8 Å². The Balaban J connectivity index is 3.39. The van der Waals surface area contributed by atoms with Crippen LogP contribution in [0.5, 0.6) is 5.75 Å². The Labute approximate surface area is 86.1 Å². The largest absolute Gasteiger partial charge is 0.495 e. The van der Waals surface area contributed by atoms with Gasteiger partial charge in [-0.25, -0.2) is 0 Å². The van der Waals surface area contributed by atoms with Crippen LogP contribution < -0.4 is 10.5 Å². The van der Waals surface area contributed by atoms with Crippen molar-refractivity contribution in [2.24, 2.45) is 0 Å². The van der Waals surface area contributed by atoms with E-state index in [4.69, 9.17) is 10.5 Å². The van der Waals surface area contributed by atoms with Crippen LogP contribution in [0.2, 0.25) is 0 Å². The topological polar surface area (TPSA) is 35.2 Å². The SMILES string of the molecule is CCc1cc(OC)c(N)c(CC)c1C. The molecule has 0 saturated heterocycles. The summed E-state index contributed by atoms with van der Waals surface area (Å²) in [5.74, 6) is 0.810. The highest BCUT2D eigenvalue weighted by Gasteiger charge is 2.10. The number of hydrogen-bond donors (Lipinski definition) is 1. The summed E-state index contributed by atoms with van der Waals surface area (Å²) in [6.07, 6.45) is 1.98. The van der Waals surface area contributed by atoms with Gasteiger partial charge in [0.1, 0.15) is 5.75 Å². The maximum absolute atomic E-state index is 6.00. The van der Waals surface area contributed by atoms with E-state index in [1.54, 1.807) is 7.11 Å². The van der Waals surface area contributed by atoms with Crippen molar-refractivity contribution in [1.29, 1.82) is 0 Å². The van der Waals surface area contributed by atoms with E-state index < -0.39 is 0 Å². The fourth-order valence-electron chi connectivity index (χ4n) is 1.88. The van der Waals surface area contributed by atoms with E-state index in [-0.39, 0.29) is 0 Å². The molecular formula is C12H19NO. The molecule has 0 atom stereocenters. The van der Waals surface area contributed by atoms with Crippen LogP contribution in [0, 0.1) is 6.92 Å². The molecule has 0 amide bonds. The number of ether oxygens (including phenoxy) is 1. The Morgan fingerprint density at radius 3 is 2.36 bits per heavy atom. The second kappa shape index (κ2) is 4.36. The quantitative estimate of drug-likeness (QED) is 0.749. The average Bonchev–Trinajstić information content (AvgIpc) is 2.19. The van der Waals surface area contributed by atoms with Gasteiger partial charge in [-0.05, 0) is 42.5 Å². The molecule has 78 valence electrons. The van der Waals surface area contributed by atoms with Crippen molar-refractivity contribution in [3.8, 4) is 5.75 Å². The van der Waals surface area contributed by atoms with Gasteiger partial charge in [0.25, 0.3) is 0 Å². The highest BCUT2D eigenvalue weighted by molar-refractivity contribution is 5.63. The zero-order chi connectivity index (χ0) is 10.7. The summed E-state index contributed by atoms with van der Waals surface area (Å²) < 4.78 is 5.26. The van der Waals surface area contributed by atoms with Crippen LogP contribution in [0.15, 0.2) is 6.07 Å². The van der Waals surface area contributed by atoms with Crippen molar-refractivity contribution in [3.63, 3.8) is 0 Å². The standard InChI is InChI=1S/C12H19NO/c1-5-9-7-11(14-4)12(13)10(6-2)8(9)3/h7H,5-6,13H2,1-4H3. The molecule has 0 spiro atoms. The third kappa shape index (κ3) is 1.69. The van der Waals surface area contributed by atoms with Gasteiger partial charge in [-0.2, -0.15) is 0 Å². The van der Waals surface area contributed by atoms with E-state index in [0.717, 1.165) is 24.3 Å². The molecule has 0 aliphatic heterocycles. The number of anilines is 1. The molecule has 1 aromatic rings. The first-order chi connectivity index (χ1) is 6.65. The van der Waals surface area contributed by atoms with Gasteiger partial charge >= 0.3 is 0 Å². The van der Waals surface area contributed by atoms with Crippen molar-refractivity contribution in [2.45, 2.75) is 33.6 Å². The molecule has 0 saturated carbocycles. The summed E-state index contributed by atoms with van der Waals surface area (Å²) in [5, 5.41) is 0. The molecule has 2 nitrogen and oxygen atoms in total. The van der Waals surface area contributed by atoms with E-state index in [1.165, 1.54) is 16.7 Å². The molecule has 2 heteroatoms. The monoisotopic (exact) mass is 193 g/mol. The van der Waals surface area contributed by atoms with Crippen molar-refractivity contribution in [1.82, 2.24) is 0 Å². The highest BCUT2D eigenvalue weighted by Crippen LogP contribution is 2.31. The summed E-state index contributed by atoms with van der Waals surface area (Å²) in [5.41, 5.74) is 10.7. The van der Waals surface area contributed by atoms with Gasteiger partial charge < -0.3 is 10.5 Å². The number of hydrogen-bond acceptors (Lipinski definition) is 2. The Hall–Kier alpha value is -1.18. The molecule has 0 aromatic heterocycles. The summed E-state index contributed by atoms with van der Waals surface area (Å²) >= 11 is 0. The lowest BCUT2D eigenvalue weighted by atomic mass is 9.96. The molecule has 0 radical (unpaired) electrons. The van der Waals surface area contributed by atoms with Crippen molar-refractivity contribution < 1.29 is 4.74 Å². The lowest BCUT2D eigenvalue weighted by molar-refractivity contribution is 0.416. The summed E-state index contributed by atoms with van der Waals surface area (Å²) in [6, 6.07) is 2.05. The summed E-state index contributed by atoms with van der Waals surface area (Å²) in [7, 11) is 1.67. The zero-order valence-corrected chi connectivity index (χ0v) is 9.48. The molecule has 0 unspecified atom stereocenters. The van der Waals surface area contributed by atoms with E-state index in [0.29, 0.717) is 0 Å². The first-order valence-electron chi connectivity index (χ1n) is 5.10. The third-order valence-electron chi connectivity index (χ3n) is 2.78. The Bertz CT molecular complexity index is 303. The number of rotatable bonds is 3. The van der Waals surface area contributed by atoms with E-state index >= 15 is 0 Å². The van der Waals surface area contributed by atoms with Crippen LogP contribution >= 0.6 is 0 Å². The first kappa shape index (κ1) is 10.9. The molecule has 0 aliphatic rings. The van der Waals surface area contributed by atoms with Gasteiger partial charge in [0.05, 0.1) is 12.8 Å². The lowest BCUT2D eigenvalue weighted by Gasteiger charge is -2.15. The molecule has 0 bridgehead atoms. The van der Waals surface area contributed by atoms with Crippen LogP contribution in [0.4, 0.5) is 5.69 Å².